The van der Waals surface area contributed by atoms with Gasteiger partial charge in [0.15, 0.2) is 0 Å². The molecule has 2 saturated carbocycles. The Balaban J connectivity index is 0.00000196. The number of nitrogens with two attached hydrogens (primary N) is 1. The Labute approximate surface area is 182 Å². The van der Waals surface area contributed by atoms with Crippen LogP contribution in [-0.4, -0.2) is 66.9 Å². The number of amides is 2. The second kappa shape index (κ2) is 12.9. The SMILES string of the molecule is Cl.Cl.N[C@@H]1CCC[C@H]1CC(=O)NCCN1CCN(C(=O)C2CCCCC2)CC1. The zero-order valence-electron chi connectivity index (χ0n) is 16.9. The summed E-state index contributed by atoms with van der Waals surface area (Å²) in [4.78, 5) is 29.1. The van der Waals surface area contributed by atoms with E-state index in [4.69, 9.17) is 5.73 Å². The predicted molar refractivity (Wildman–Crippen MR) is 117 cm³/mol. The summed E-state index contributed by atoms with van der Waals surface area (Å²) in [6.45, 7) is 5.06. The topological polar surface area (TPSA) is 78.7 Å². The summed E-state index contributed by atoms with van der Waals surface area (Å²) >= 11 is 0. The predicted octanol–water partition coefficient (Wildman–Crippen LogP) is 2.19. The lowest BCUT2D eigenvalue weighted by molar-refractivity contribution is -0.138. The molecule has 2 amide bonds. The highest BCUT2D eigenvalue weighted by atomic mass is 35.5. The Morgan fingerprint density at radius 3 is 2.18 bits per heavy atom. The second-order valence-corrected chi connectivity index (χ2v) is 8.41. The maximum Gasteiger partial charge on any atom is 0.225 e. The van der Waals surface area contributed by atoms with E-state index in [-0.39, 0.29) is 42.7 Å². The van der Waals surface area contributed by atoms with Gasteiger partial charge in [0.1, 0.15) is 0 Å². The van der Waals surface area contributed by atoms with Gasteiger partial charge in [0.25, 0.3) is 0 Å². The molecule has 3 fully saturated rings. The van der Waals surface area contributed by atoms with Crippen molar-refractivity contribution in [3.8, 4) is 0 Å². The summed E-state index contributed by atoms with van der Waals surface area (Å²) in [5.74, 6) is 1.16. The summed E-state index contributed by atoms with van der Waals surface area (Å²) in [6.07, 6.45) is 9.74. The summed E-state index contributed by atoms with van der Waals surface area (Å²) in [5, 5.41) is 3.05. The van der Waals surface area contributed by atoms with E-state index in [1.54, 1.807) is 0 Å². The molecule has 0 bridgehead atoms. The van der Waals surface area contributed by atoms with Crippen LogP contribution in [0.1, 0.15) is 57.8 Å². The highest BCUT2D eigenvalue weighted by Crippen LogP contribution is 2.27. The third-order valence-corrected chi connectivity index (χ3v) is 6.55. The molecule has 8 heteroatoms. The van der Waals surface area contributed by atoms with Gasteiger partial charge in [-0.3, -0.25) is 14.5 Å². The van der Waals surface area contributed by atoms with E-state index in [0.29, 0.717) is 24.8 Å². The fourth-order valence-corrected chi connectivity index (χ4v) is 4.78. The highest BCUT2D eigenvalue weighted by Gasteiger charge is 2.28. The first-order chi connectivity index (χ1) is 12.6. The highest BCUT2D eigenvalue weighted by molar-refractivity contribution is 5.85. The molecule has 3 rings (SSSR count). The first-order valence-corrected chi connectivity index (χ1v) is 10.7. The van der Waals surface area contributed by atoms with E-state index in [0.717, 1.165) is 64.8 Å². The number of carbonyl (C=O) groups is 2. The van der Waals surface area contributed by atoms with Crippen molar-refractivity contribution in [3.63, 3.8) is 0 Å². The molecule has 0 aromatic carbocycles. The fourth-order valence-electron chi connectivity index (χ4n) is 4.78. The molecule has 3 N–H and O–H groups in total. The molecule has 1 saturated heterocycles. The van der Waals surface area contributed by atoms with Crippen molar-refractivity contribution in [2.24, 2.45) is 17.6 Å². The molecule has 1 aliphatic heterocycles. The standard InChI is InChI=1S/C20H36N4O2.2ClH/c21-18-8-4-7-17(18)15-19(25)22-9-10-23-11-13-24(14-12-23)20(26)16-5-2-1-3-6-16;;/h16-18H,1-15,21H2,(H,22,25);2*1H/t17-,18+;;/m0../s1. The molecule has 0 radical (unpaired) electrons. The van der Waals surface area contributed by atoms with Crippen LogP contribution in [0.4, 0.5) is 0 Å². The maximum absolute atomic E-state index is 12.6. The largest absolute Gasteiger partial charge is 0.355 e. The third kappa shape index (κ3) is 7.36. The lowest BCUT2D eigenvalue weighted by Gasteiger charge is -2.37. The van der Waals surface area contributed by atoms with Gasteiger partial charge in [-0.25, -0.2) is 0 Å². The van der Waals surface area contributed by atoms with Crippen molar-refractivity contribution < 1.29 is 9.59 Å². The van der Waals surface area contributed by atoms with Crippen LogP contribution in [-0.2, 0) is 9.59 Å². The lowest BCUT2D eigenvalue weighted by Crippen LogP contribution is -2.51. The van der Waals surface area contributed by atoms with Gasteiger partial charge < -0.3 is 16.0 Å². The van der Waals surface area contributed by atoms with Crippen molar-refractivity contribution in [3.05, 3.63) is 0 Å². The van der Waals surface area contributed by atoms with E-state index < -0.39 is 0 Å². The van der Waals surface area contributed by atoms with Crippen molar-refractivity contribution in [1.29, 1.82) is 0 Å². The van der Waals surface area contributed by atoms with E-state index in [1.807, 2.05) is 0 Å². The van der Waals surface area contributed by atoms with Crippen molar-refractivity contribution in [1.82, 2.24) is 15.1 Å². The summed E-state index contributed by atoms with van der Waals surface area (Å²) in [6, 6.07) is 0.204. The molecule has 3 aliphatic rings. The number of carbonyl (C=O) groups excluding carboxylic acids is 2. The third-order valence-electron chi connectivity index (χ3n) is 6.55. The van der Waals surface area contributed by atoms with Gasteiger partial charge >= 0.3 is 0 Å². The number of halogens is 2. The minimum Gasteiger partial charge on any atom is -0.355 e. The maximum atomic E-state index is 12.6. The van der Waals surface area contributed by atoms with E-state index in [1.165, 1.54) is 19.3 Å². The number of hydrogen-bond acceptors (Lipinski definition) is 4. The molecule has 1 heterocycles. The Hall–Kier alpha value is -0.560. The quantitative estimate of drug-likeness (QED) is 0.668. The van der Waals surface area contributed by atoms with Crippen LogP contribution >= 0.6 is 24.8 Å². The van der Waals surface area contributed by atoms with Crippen molar-refractivity contribution in [2.45, 2.75) is 63.8 Å². The van der Waals surface area contributed by atoms with E-state index in [2.05, 4.69) is 15.1 Å². The zero-order chi connectivity index (χ0) is 18.4. The van der Waals surface area contributed by atoms with Gasteiger partial charge in [-0.1, -0.05) is 25.7 Å². The zero-order valence-corrected chi connectivity index (χ0v) is 18.6. The molecule has 0 unspecified atom stereocenters. The average molecular weight is 437 g/mol. The van der Waals surface area contributed by atoms with Crippen molar-refractivity contribution in [2.75, 3.05) is 39.3 Å². The molecule has 0 aromatic rings. The molecular formula is C20H38Cl2N4O2. The van der Waals surface area contributed by atoms with Crippen LogP contribution in [0.2, 0.25) is 0 Å². The minimum atomic E-state index is 0. The van der Waals surface area contributed by atoms with E-state index in [9.17, 15) is 9.59 Å². The Morgan fingerprint density at radius 2 is 1.57 bits per heavy atom. The summed E-state index contributed by atoms with van der Waals surface area (Å²) in [5.41, 5.74) is 6.04. The smallest absolute Gasteiger partial charge is 0.225 e. The number of nitrogens with zero attached hydrogens (tertiary/aromatic N) is 2. The van der Waals surface area contributed by atoms with Gasteiger partial charge in [-0.15, -0.1) is 24.8 Å². The minimum absolute atomic E-state index is 0. The van der Waals surface area contributed by atoms with Crippen LogP contribution in [0.3, 0.4) is 0 Å². The van der Waals surface area contributed by atoms with Gasteiger partial charge in [0.05, 0.1) is 0 Å². The number of piperazine rings is 1. The molecule has 28 heavy (non-hydrogen) atoms. The second-order valence-electron chi connectivity index (χ2n) is 8.41. The summed E-state index contributed by atoms with van der Waals surface area (Å²) in [7, 11) is 0. The van der Waals surface area contributed by atoms with Crippen LogP contribution in [0, 0.1) is 11.8 Å². The normalized spacial score (nSPS) is 26.2. The molecular weight excluding hydrogens is 399 g/mol. The summed E-state index contributed by atoms with van der Waals surface area (Å²) < 4.78 is 0. The number of hydrogen-bond donors (Lipinski definition) is 2. The van der Waals surface area contributed by atoms with Gasteiger partial charge in [0, 0.05) is 57.6 Å². The molecule has 6 nitrogen and oxygen atoms in total. The lowest BCUT2D eigenvalue weighted by atomic mass is 9.88. The Kier molecular flexibility index (Phi) is 11.7. The van der Waals surface area contributed by atoms with Gasteiger partial charge in [-0.2, -0.15) is 0 Å². The van der Waals surface area contributed by atoms with Crippen molar-refractivity contribution >= 4 is 36.6 Å². The first-order valence-electron chi connectivity index (χ1n) is 10.7. The average Bonchev–Trinajstić information content (AvgIpc) is 3.07. The monoisotopic (exact) mass is 436 g/mol. The van der Waals surface area contributed by atoms with E-state index >= 15 is 0 Å². The molecule has 2 atom stereocenters. The van der Waals surface area contributed by atoms with Gasteiger partial charge in [-0.05, 0) is 31.6 Å². The molecule has 0 aromatic heterocycles. The van der Waals surface area contributed by atoms with Crippen LogP contribution in [0.25, 0.3) is 0 Å². The van der Waals surface area contributed by atoms with Crippen LogP contribution in [0.15, 0.2) is 0 Å². The van der Waals surface area contributed by atoms with Gasteiger partial charge in [0.2, 0.25) is 11.8 Å². The van der Waals surface area contributed by atoms with Crippen LogP contribution < -0.4 is 11.1 Å². The molecule has 2 aliphatic carbocycles. The number of rotatable bonds is 6. The molecule has 164 valence electrons. The Bertz CT molecular complexity index is 481. The Morgan fingerprint density at radius 1 is 0.893 bits per heavy atom. The fraction of sp³-hybridized carbons (Fsp3) is 0.900. The molecule has 0 spiro atoms. The number of nitrogens with one attached hydrogen (secondary N) is 1. The first kappa shape index (κ1) is 25.5. The van der Waals surface area contributed by atoms with Crippen LogP contribution in [0.5, 0.6) is 0 Å².